The normalized spacial score (nSPS) is 12.8. The van der Waals surface area contributed by atoms with Crippen molar-refractivity contribution in [2.45, 2.75) is 71.8 Å². The van der Waals surface area contributed by atoms with Crippen LogP contribution in [0, 0.1) is 5.92 Å². The molecule has 0 aliphatic carbocycles. The average Bonchev–Trinajstić information content (AvgIpc) is 2.71. The zero-order chi connectivity index (χ0) is 23.1. The first-order valence-electron chi connectivity index (χ1n) is 11.2. The minimum atomic E-state index is -0.618. The quantitative estimate of drug-likeness (QED) is 0.370. The first-order valence-corrected chi connectivity index (χ1v) is 11.2. The van der Waals surface area contributed by atoms with Gasteiger partial charge in [0, 0.05) is 44.7 Å². The van der Waals surface area contributed by atoms with Gasteiger partial charge in [0.2, 0.25) is 11.8 Å². The molecule has 0 aliphatic heterocycles. The molecule has 1 rings (SSSR count). The number of aliphatic hydroxyl groups is 1. The molecule has 3 N–H and O–H groups in total. The molecule has 0 aliphatic rings. The fourth-order valence-corrected chi connectivity index (χ4v) is 3.10. The molecule has 0 radical (unpaired) electrons. The van der Waals surface area contributed by atoms with Crippen molar-refractivity contribution in [2.24, 2.45) is 5.92 Å². The second-order valence-corrected chi connectivity index (χ2v) is 8.10. The van der Waals surface area contributed by atoms with Crippen LogP contribution in [0.2, 0.25) is 0 Å². The average molecular weight is 435 g/mol. The summed E-state index contributed by atoms with van der Waals surface area (Å²) in [6, 6.07) is 7.44. The Hall–Kier alpha value is -2.25. The number of ether oxygens (including phenoxy) is 1. The van der Waals surface area contributed by atoms with Crippen LogP contribution in [-0.4, -0.2) is 48.6 Å². The van der Waals surface area contributed by atoms with Crippen molar-refractivity contribution in [1.29, 1.82) is 0 Å². The monoisotopic (exact) mass is 434 g/mol. The number of rotatable bonds is 16. The van der Waals surface area contributed by atoms with Gasteiger partial charge in [-0.15, -0.1) is 0 Å². The highest BCUT2D eigenvalue weighted by Gasteiger charge is 2.09. The van der Waals surface area contributed by atoms with Crippen molar-refractivity contribution in [3.63, 3.8) is 0 Å². The summed E-state index contributed by atoms with van der Waals surface area (Å²) >= 11 is 0. The lowest BCUT2D eigenvalue weighted by Crippen LogP contribution is -2.26. The summed E-state index contributed by atoms with van der Waals surface area (Å²) in [5.41, 5.74) is 1.73. The number of aliphatic hydroxyl groups excluding tert-OH is 1. The minimum absolute atomic E-state index is 0.0184. The Morgan fingerprint density at radius 2 is 1.74 bits per heavy atom. The molecule has 2 amide bonds. The highest BCUT2D eigenvalue weighted by atomic mass is 16.5. The number of hydrogen-bond donors (Lipinski definition) is 3. The van der Waals surface area contributed by atoms with Gasteiger partial charge in [0.05, 0.1) is 6.10 Å². The molecule has 7 heteroatoms. The summed E-state index contributed by atoms with van der Waals surface area (Å²) in [5, 5.41) is 15.5. The third kappa shape index (κ3) is 13.6. The highest BCUT2D eigenvalue weighted by Crippen LogP contribution is 2.13. The van der Waals surface area contributed by atoms with E-state index in [9.17, 15) is 19.5 Å². The number of amides is 2. The van der Waals surface area contributed by atoms with Crippen molar-refractivity contribution in [3.8, 4) is 0 Å². The Kier molecular flexibility index (Phi) is 13.4. The molecule has 1 aromatic carbocycles. The molecule has 0 spiro atoms. The van der Waals surface area contributed by atoms with Gasteiger partial charge in [0.1, 0.15) is 5.78 Å². The Morgan fingerprint density at radius 1 is 1.06 bits per heavy atom. The van der Waals surface area contributed by atoms with E-state index in [0.717, 1.165) is 12.0 Å². The van der Waals surface area contributed by atoms with E-state index >= 15 is 0 Å². The van der Waals surface area contributed by atoms with Crippen molar-refractivity contribution in [1.82, 2.24) is 5.32 Å². The SMILES string of the molecule is CCOCC(C)CCNC(=O)CCCC(=O)Nc1ccc(CCC(O)CC(C)=O)cc1. The van der Waals surface area contributed by atoms with Crippen LogP contribution in [-0.2, 0) is 25.5 Å². The third-order valence-electron chi connectivity index (χ3n) is 4.90. The molecule has 0 heterocycles. The van der Waals surface area contributed by atoms with Gasteiger partial charge >= 0.3 is 0 Å². The number of hydrogen-bond acceptors (Lipinski definition) is 5. The van der Waals surface area contributed by atoms with Crippen LogP contribution >= 0.6 is 0 Å². The molecule has 0 bridgehead atoms. The van der Waals surface area contributed by atoms with E-state index in [1.54, 1.807) is 0 Å². The fraction of sp³-hybridized carbons (Fsp3) is 0.625. The summed E-state index contributed by atoms with van der Waals surface area (Å²) in [6.07, 6.45) is 2.74. The first-order chi connectivity index (χ1) is 14.8. The van der Waals surface area contributed by atoms with Gasteiger partial charge in [-0.2, -0.15) is 0 Å². The summed E-state index contributed by atoms with van der Waals surface area (Å²) in [6.45, 7) is 7.56. The molecule has 31 heavy (non-hydrogen) atoms. The molecule has 1 aromatic rings. The van der Waals surface area contributed by atoms with Gasteiger partial charge in [-0.3, -0.25) is 14.4 Å². The van der Waals surface area contributed by atoms with E-state index in [-0.39, 0.29) is 30.4 Å². The molecule has 0 saturated carbocycles. The van der Waals surface area contributed by atoms with Gasteiger partial charge in [0.15, 0.2) is 0 Å². The zero-order valence-corrected chi connectivity index (χ0v) is 19.1. The first kappa shape index (κ1) is 26.8. The van der Waals surface area contributed by atoms with Crippen LogP contribution in [0.15, 0.2) is 24.3 Å². The molecule has 0 saturated heterocycles. The van der Waals surface area contributed by atoms with Gasteiger partial charge in [-0.1, -0.05) is 19.1 Å². The molecule has 0 aromatic heterocycles. The Labute approximate surface area is 185 Å². The number of carbonyl (C=O) groups excluding carboxylic acids is 3. The third-order valence-corrected chi connectivity index (χ3v) is 4.90. The van der Waals surface area contributed by atoms with Gasteiger partial charge in [-0.25, -0.2) is 0 Å². The molecule has 2 atom stereocenters. The number of nitrogens with one attached hydrogen (secondary N) is 2. The molecular formula is C24H38N2O5. The molecular weight excluding hydrogens is 396 g/mol. The number of carbonyl (C=O) groups is 3. The van der Waals surface area contributed by atoms with Crippen LogP contribution in [0.1, 0.15) is 64.9 Å². The van der Waals surface area contributed by atoms with Crippen LogP contribution < -0.4 is 10.6 Å². The van der Waals surface area contributed by atoms with Crippen LogP contribution in [0.3, 0.4) is 0 Å². The number of anilines is 1. The number of aryl methyl sites for hydroxylation is 1. The maximum absolute atomic E-state index is 12.1. The number of Topliss-reactive ketones (excluding diaryl/α,β-unsaturated/α-hetero) is 1. The Morgan fingerprint density at radius 3 is 2.39 bits per heavy atom. The molecule has 174 valence electrons. The topological polar surface area (TPSA) is 105 Å². The maximum Gasteiger partial charge on any atom is 0.224 e. The lowest BCUT2D eigenvalue weighted by atomic mass is 10.0. The second-order valence-electron chi connectivity index (χ2n) is 8.10. The standard InChI is InChI=1S/C24H38N2O5/c1-4-31-17-18(2)14-15-25-23(29)6-5-7-24(30)26-21-11-8-20(9-12-21)10-13-22(28)16-19(3)27/h8-9,11-12,18,22,28H,4-7,10,13-17H2,1-3H3,(H,25,29)(H,26,30). The summed E-state index contributed by atoms with van der Waals surface area (Å²) in [5.74, 6) is 0.230. The van der Waals surface area contributed by atoms with Crippen molar-refractivity contribution in [2.75, 3.05) is 25.1 Å². The zero-order valence-electron chi connectivity index (χ0n) is 19.1. The van der Waals surface area contributed by atoms with Crippen LogP contribution in [0.4, 0.5) is 5.69 Å². The van der Waals surface area contributed by atoms with Gasteiger partial charge < -0.3 is 20.5 Å². The van der Waals surface area contributed by atoms with Crippen LogP contribution in [0.25, 0.3) is 0 Å². The summed E-state index contributed by atoms with van der Waals surface area (Å²) < 4.78 is 5.35. The lowest BCUT2D eigenvalue weighted by molar-refractivity contribution is -0.121. The number of ketones is 1. The van der Waals surface area contributed by atoms with Crippen LogP contribution in [0.5, 0.6) is 0 Å². The van der Waals surface area contributed by atoms with E-state index in [4.69, 9.17) is 4.74 Å². The van der Waals surface area contributed by atoms with Crippen molar-refractivity contribution >= 4 is 23.3 Å². The number of benzene rings is 1. The van der Waals surface area contributed by atoms with Gasteiger partial charge in [-0.05, 0) is 63.1 Å². The van der Waals surface area contributed by atoms with E-state index in [1.807, 2.05) is 31.2 Å². The molecule has 0 fully saturated rings. The maximum atomic E-state index is 12.1. The smallest absolute Gasteiger partial charge is 0.224 e. The van der Waals surface area contributed by atoms with Gasteiger partial charge in [0.25, 0.3) is 0 Å². The highest BCUT2D eigenvalue weighted by molar-refractivity contribution is 5.91. The molecule has 2 unspecified atom stereocenters. The van der Waals surface area contributed by atoms with Crippen molar-refractivity contribution < 1.29 is 24.2 Å². The largest absolute Gasteiger partial charge is 0.393 e. The Balaban J connectivity index is 2.20. The van der Waals surface area contributed by atoms with Crippen molar-refractivity contribution in [3.05, 3.63) is 29.8 Å². The predicted molar refractivity (Wildman–Crippen MR) is 122 cm³/mol. The lowest BCUT2D eigenvalue weighted by Gasteiger charge is -2.12. The fourth-order valence-electron chi connectivity index (χ4n) is 3.10. The van der Waals surface area contributed by atoms with E-state index < -0.39 is 6.10 Å². The predicted octanol–water partition coefficient (Wildman–Crippen LogP) is 3.25. The van der Waals surface area contributed by atoms with E-state index in [2.05, 4.69) is 17.6 Å². The van der Waals surface area contributed by atoms with E-state index in [0.29, 0.717) is 57.0 Å². The molecule has 7 nitrogen and oxygen atoms in total. The second kappa shape index (κ2) is 15.5. The minimum Gasteiger partial charge on any atom is -0.393 e. The summed E-state index contributed by atoms with van der Waals surface area (Å²) in [7, 11) is 0. The summed E-state index contributed by atoms with van der Waals surface area (Å²) in [4.78, 5) is 35.0. The Bertz CT molecular complexity index is 675. The van der Waals surface area contributed by atoms with E-state index in [1.165, 1.54) is 6.92 Å².